The van der Waals surface area contributed by atoms with Gasteiger partial charge in [0.15, 0.2) is 0 Å². The van der Waals surface area contributed by atoms with Crippen molar-refractivity contribution in [2.75, 3.05) is 13.6 Å². The molecule has 0 aromatic heterocycles. The van der Waals surface area contributed by atoms with Crippen molar-refractivity contribution in [3.05, 3.63) is 35.9 Å². The van der Waals surface area contributed by atoms with Crippen LogP contribution in [0.1, 0.15) is 56.4 Å². The summed E-state index contributed by atoms with van der Waals surface area (Å²) in [7, 11) is 2.09. The molecule has 1 heteroatoms. The largest absolute Gasteiger partial charge is 0.320 e. The van der Waals surface area contributed by atoms with E-state index in [-0.39, 0.29) is 0 Å². The standard InChI is InChI=1S/C20H29N/c1-21-9-5-8-20-13-15-10-16(14-20)12-18(11-15)19(20)17-6-3-2-4-7-17/h2-4,6-7,15-16,18-19,21H,5,8-14H2,1H3. The first-order valence-corrected chi connectivity index (χ1v) is 9.00. The number of rotatable bonds is 5. The first-order chi connectivity index (χ1) is 10.3. The minimum Gasteiger partial charge on any atom is -0.320 e. The average molecular weight is 283 g/mol. The zero-order valence-electron chi connectivity index (χ0n) is 13.4. The Kier molecular flexibility index (Phi) is 3.57. The van der Waals surface area contributed by atoms with Gasteiger partial charge in [0, 0.05) is 0 Å². The summed E-state index contributed by atoms with van der Waals surface area (Å²) < 4.78 is 0. The summed E-state index contributed by atoms with van der Waals surface area (Å²) in [6, 6.07) is 11.5. The van der Waals surface area contributed by atoms with Crippen LogP contribution in [-0.4, -0.2) is 13.6 Å². The molecule has 0 spiro atoms. The Morgan fingerprint density at radius 3 is 2.43 bits per heavy atom. The van der Waals surface area contributed by atoms with Crippen LogP contribution in [0.5, 0.6) is 0 Å². The molecule has 3 unspecified atom stereocenters. The monoisotopic (exact) mass is 283 g/mol. The lowest BCUT2D eigenvalue weighted by atomic mass is 9.43. The van der Waals surface area contributed by atoms with Crippen LogP contribution in [0.2, 0.25) is 0 Å². The van der Waals surface area contributed by atoms with Gasteiger partial charge in [-0.05, 0) is 93.2 Å². The number of hydrogen-bond acceptors (Lipinski definition) is 1. The van der Waals surface area contributed by atoms with Gasteiger partial charge in [0.25, 0.3) is 0 Å². The molecule has 1 N–H and O–H groups in total. The van der Waals surface area contributed by atoms with Crippen molar-refractivity contribution in [2.45, 2.75) is 50.9 Å². The maximum absolute atomic E-state index is 3.35. The molecular formula is C20H29N. The Balaban J connectivity index is 1.66. The summed E-state index contributed by atoms with van der Waals surface area (Å²) >= 11 is 0. The smallest absolute Gasteiger partial charge is 0.00517 e. The highest BCUT2D eigenvalue weighted by molar-refractivity contribution is 5.27. The fourth-order valence-electron chi connectivity index (χ4n) is 6.47. The molecule has 0 radical (unpaired) electrons. The van der Waals surface area contributed by atoms with E-state index < -0.39 is 0 Å². The molecule has 0 heterocycles. The third kappa shape index (κ3) is 2.34. The zero-order valence-corrected chi connectivity index (χ0v) is 13.4. The molecule has 4 fully saturated rings. The van der Waals surface area contributed by atoms with Crippen LogP contribution in [0.4, 0.5) is 0 Å². The van der Waals surface area contributed by atoms with Gasteiger partial charge in [-0.3, -0.25) is 0 Å². The van der Waals surface area contributed by atoms with Gasteiger partial charge in [-0.1, -0.05) is 30.3 Å². The van der Waals surface area contributed by atoms with E-state index in [1.807, 2.05) is 0 Å². The number of benzene rings is 1. The van der Waals surface area contributed by atoms with Crippen LogP contribution in [0.3, 0.4) is 0 Å². The molecular weight excluding hydrogens is 254 g/mol. The molecule has 114 valence electrons. The molecule has 1 aromatic rings. The summed E-state index contributed by atoms with van der Waals surface area (Å²) in [5.41, 5.74) is 2.28. The van der Waals surface area contributed by atoms with E-state index in [1.54, 1.807) is 12.0 Å². The molecule has 4 bridgehead atoms. The summed E-state index contributed by atoms with van der Waals surface area (Å²) in [5.74, 6) is 3.94. The van der Waals surface area contributed by atoms with Crippen LogP contribution in [0.15, 0.2) is 30.3 Å². The van der Waals surface area contributed by atoms with Gasteiger partial charge >= 0.3 is 0 Å². The topological polar surface area (TPSA) is 12.0 Å². The molecule has 21 heavy (non-hydrogen) atoms. The van der Waals surface area contributed by atoms with E-state index in [0.717, 1.165) is 23.7 Å². The molecule has 4 aliphatic rings. The van der Waals surface area contributed by atoms with E-state index in [0.29, 0.717) is 5.41 Å². The Labute approximate surface area is 129 Å². The highest BCUT2D eigenvalue weighted by Gasteiger charge is 2.56. The fourth-order valence-corrected chi connectivity index (χ4v) is 6.47. The molecule has 0 aliphatic heterocycles. The number of hydrogen-bond donors (Lipinski definition) is 1. The Morgan fingerprint density at radius 1 is 1.05 bits per heavy atom. The highest BCUT2D eigenvalue weighted by Crippen LogP contribution is 2.67. The van der Waals surface area contributed by atoms with Gasteiger partial charge in [-0.2, -0.15) is 0 Å². The van der Waals surface area contributed by atoms with Gasteiger partial charge in [0.1, 0.15) is 0 Å². The van der Waals surface area contributed by atoms with Crippen LogP contribution in [0.25, 0.3) is 0 Å². The molecule has 3 atom stereocenters. The summed E-state index contributed by atoms with van der Waals surface area (Å²) in [6.07, 6.45) is 10.4. The van der Waals surface area contributed by atoms with E-state index in [2.05, 4.69) is 42.7 Å². The van der Waals surface area contributed by atoms with E-state index in [4.69, 9.17) is 0 Å². The van der Waals surface area contributed by atoms with Crippen molar-refractivity contribution in [1.82, 2.24) is 5.32 Å². The first-order valence-electron chi connectivity index (χ1n) is 9.00. The fraction of sp³-hybridized carbons (Fsp3) is 0.700. The molecule has 1 nitrogen and oxygen atoms in total. The van der Waals surface area contributed by atoms with Crippen molar-refractivity contribution in [3.8, 4) is 0 Å². The molecule has 0 saturated heterocycles. The maximum Gasteiger partial charge on any atom is -0.00517 e. The van der Waals surface area contributed by atoms with E-state index in [1.165, 1.54) is 45.1 Å². The molecule has 4 aliphatic carbocycles. The quantitative estimate of drug-likeness (QED) is 0.779. The van der Waals surface area contributed by atoms with Crippen LogP contribution >= 0.6 is 0 Å². The van der Waals surface area contributed by atoms with E-state index in [9.17, 15) is 0 Å². The summed E-state index contributed by atoms with van der Waals surface area (Å²) in [5, 5.41) is 3.35. The van der Waals surface area contributed by atoms with Crippen molar-refractivity contribution >= 4 is 0 Å². The van der Waals surface area contributed by atoms with Crippen molar-refractivity contribution in [1.29, 1.82) is 0 Å². The second kappa shape index (κ2) is 5.43. The predicted octanol–water partition coefficient (Wildman–Crippen LogP) is 4.60. The second-order valence-corrected chi connectivity index (χ2v) is 8.07. The minimum absolute atomic E-state index is 0.632. The third-order valence-electron chi connectivity index (χ3n) is 6.72. The Hall–Kier alpha value is -0.820. The summed E-state index contributed by atoms with van der Waals surface area (Å²) in [6.45, 7) is 1.18. The lowest BCUT2D eigenvalue weighted by Gasteiger charge is -2.62. The van der Waals surface area contributed by atoms with Gasteiger partial charge in [-0.15, -0.1) is 0 Å². The lowest BCUT2D eigenvalue weighted by molar-refractivity contribution is -0.0807. The van der Waals surface area contributed by atoms with Crippen LogP contribution < -0.4 is 5.32 Å². The average Bonchev–Trinajstić information content (AvgIpc) is 2.47. The van der Waals surface area contributed by atoms with Gasteiger partial charge in [0.2, 0.25) is 0 Å². The molecule has 5 rings (SSSR count). The van der Waals surface area contributed by atoms with Crippen molar-refractivity contribution in [3.63, 3.8) is 0 Å². The predicted molar refractivity (Wildman–Crippen MR) is 88.3 cm³/mol. The number of nitrogens with one attached hydrogen (secondary N) is 1. The van der Waals surface area contributed by atoms with E-state index >= 15 is 0 Å². The Bertz CT molecular complexity index is 466. The molecule has 1 aromatic carbocycles. The third-order valence-corrected chi connectivity index (χ3v) is 6.72. The summed E-state index contributed by atoms with van der Waals surface area (Å²) in [4.78, 5) is 0. The van der Waals surface area contributed by atoms with Crippen LogP contribution in [0, 0.1) is 23.2 Å². The molecule has 0 amide bonds. The van der Waals surface area contributed by atoms with Gasteiger partial charge < -0.3 is 5.32 Å². The van der Waals surface area contributed by atoms with Crippen LogP contribution in [-0.2, 0) is 0 Å². The van der Waals surface area contributed by atoms with Crippen molar-refractivity contribution < 1.29 is 0 Å². The van der Waals surface area contributed by atoms with Gasteiger partial charge in [0.05, 0.1) is 0 Å². The highest BCUT2D eigenvalue weighted by atomic mass is 14.8. The SMILES string of the molecule is CNCCCC12CC3CC(CC(C3)C1c1ccccc1)C2. The minimum atomic E-state index is 0.632. The van der Waals surface area contributed by atoms with Crippen molar-refractivity contribution in [2.24, 2.45) is 23.2 Å². The molecule has 4 saturated carbocycles. The lowest BCUT2D eigenvalue weighted by Crippen LogP contribution is -2.51. The second-order valence-electron chi connectivity index (χ2n) is 8.07. The first kappa shape index (κ1) is 13.8. The normalized spacial score (nSPS) is 40.6. The van der Waals surface area contributed by atoms with Gasteiger partial charge in [-0.25, -0.2) is 0 Å². The Morgan fingerprint density at radius 2 is 1.76 bits per heavy atom. The maximum atomic E-state index is 3.35. The zero-order chi connectivity index (χ0) is 14.3.